The summed E-state index contributed by atoms with van der Waals surface area (Å²) in [6.07, 6.45) is 6.09. The van der Waals surface area contributed by atoms with Gasteiger partial charge in [0, 0.05) is 10.6 Å². The Morgan fingerprint density at radius 2 is 1.94 bits per heavy atom. The summed E-state index contributed by atoms with van der Waals surface area (Å²) in [7, 11) is 0. The first-order valence-electron chi connectivity index (χ1n) is 6.34. The van der Waals surface area contributed by atoms with Gasteiger partial charge in [-0.3, -0.25) is 5.32 Å². The summed E-state index contributed by atoms with van der Waals surface area (Å²) in [5.74, 6) is 0. The quantitative estimate of drug-likeness (QED) is 0.582. The molecule has 0 saturated carbocycles. The molecule has 0 radical (unpaired) electrons. The first-order chi connectivity index (χ1) is 8.76. The Bertz CT molecular complexity index is 351. The number of anilines is 1. The molecule has 3 nitrogen and oxygen atoms in total. The molecule has 0 unspecified atom stereocenters. The Kier molecular flexibility index (Phi) is 7.34. The van der Waals surface area contributed by atoms with E-state index >= 15 is 0 Å². The van der Waals surface area contributed by atoms with Crippen LogP contribution in [-0.4, -0.2) is 19.0 Å². The Balaban J connectivity index is 2.22. The van der Waals surface area contributed by atoms with Crippen molar-refractivity contribution in [2.75, 3.05) is 18.2 Å². The van der Waals surface area contributed by atoms with E-state index in [2.05, 4.69) is 12.2 Å². The average Bonchev–Trinajstić information content (AvgIpc) is 2.39. The lowest BCUT2D eigenvalue weighted by atomic mass is 10.2. The van der Waals surface area contributed by atoms with Gasteiger partial charge < -0.3 is 4.74 Å². The van der Waals surface area contributed by atoms with Gasteiger partial charge in [-0.1, -0.05) is 26.2 Å². The molecule has 0 aliphatic heterocycles. The van der Waals surface area contributed by atoms with Crippen LogP contribution in [0.2, 0.25) is 0 Å². The molecule has 0 spiro atoms. The number of unbranched alkanes of at least 4 members (excludes halogenated alkanes) is 3. The monoisotopic (exact) mass is 267 g/mol. The highest BCUT2D eigenvalue weighted by atomic mass is 32.2. The van der Waals surface area contributed by atoms with Gasteiger partial charge in [-0.2, -0.15) is 0 Å². The van der Waals surface area contributed by atoms with Gasteiger partial charge >= 0.3 is 6.09 Å². The smallest absolute Gasteiger partial charge is 0.411 e. The Hall–Kier alpha value is -1.16. The number of amides is 1. The molecule has 18 heavy (non-hydrogen) atoms. The van der Waals surface area contributed by atoms with Crippen LogP contribution in [0.1, 0.15) is 32.6 Å². The van der Waals surface area contributed by atoms with Crippen molar-refractivity contribution in [3.8, 4) is 0 Å². The van der Waals surface area contributed by atoms with E-state index in [0.717, 1.165) is 18.5 Å². The molecule has 1 aromatic rings. The minimum atomic E-state index is -0.372. The molecule has 0 aromatic heterocycles. The van der Waals surface area contributed by atoms with Crippen LogP contribution in [0.25, 0.3) is 0 Å². The van der Waals surface area contributed by atoms with Crippen molar-refractivity contribution in [1.29, 1.82) is 0 Å². The maximum Gasteiger partial charge on any atom is 0.411 e. The average molecular weight is 267 g/mol. The zero-order valence-electron chi connectivity index (χ0n) is 11.1. The van der Waals surface area contributed by atoms with E-state index in [1.54, 1.807) is 11.8 Å². The second-order valence-corrected chi connectivity index (χ2v) is 4.93. The lowest BCUT2D eigenvalue weighted by molar-refractivity contribution is 0.159. The van der Waals surface area contributed by atoms with Crippen molar-refractivity contribution in [1.82, 2.24) is 0 Å². The van der Waals surface area contributed by atoms with Crippen molar-refractivity contribution in [2.45, 2.75) is 37.5 Å². The zero-order valence-corrected chi connectivity index (χ0v) is 11.9. The molecular formula is C14H21NO2S. The van der Waals surface area contributed by atoms with Gasteiger partial charge in [-0.15, -0.1) is 11.8 Å². The number of carbonyl (C=O) groups is 1. The molecule has 0 aliphatic rings. The van der Waals surface area contributed by atoms with E-state index in [0.29, 0.717) is 6.61 Å². The Morgan fingerprint density at radius 1 is 1.22 bits per heavy atom. The molecule has 0 atom stereocenters. The molecule has 4 heteroatoms. The Labute approximate surface area is 113 Å². The number of ether oxygens (including phenoxy) is 1. The minimum absolute atomic E-state index is 0.372. The predicted molar refractivity (Wildman–Crippen MR) is 77.3 cm³/mol. The SMILES string of the molecule is CCCCCCOC(=O)Nc1ccc(SC)cc1. The second kappa shape index (κ2) is 8.86. The van der Waals surface area contributed by atoms with Crippen LogP contribution in [0, 0.1) is 0 Å². The van der Waals surface area contributed by atoms with Crippen LogP contribution < -0.4 is 5.32 Å². The van der Waals surface area contributed by atoms with Crippen LogP contribution in [-0.2, 0) is 4.74 Å². The summed E-state index contributed by atoms with van der Waals surface area (Å²) in [5, 5.41) is 2.71. The molecule has 1 amide bonds. The second-order valence-electron chi connectivity index (χ2n) is 4.05. The summed E-state index contributed by atoms with van der Waals surface area (Å²) in [5.41, 5.74) is 0.770. The van der Waals surface area contributed by atoms with Crippen molar-refractivity contribution >= 4 is 23.5 Å². The number of carbonyl (C=O) groups excluding carboxylic acids is 1. The summed E-state index contributed by atoms with van der Waals surface area (Å²) in [6.45, 7) is 2.65. The number of rotatable bonds is 7. The number of benzene rings is 1. The summed E-state index contributed by atoms with van der Waals surface area (Å²) in [6, 6.07) is 7.71. The zero-order chi connectivity index (χ0) is 13.2. The molecule has 1 N–H and O–H groups in total. The van der Waals surface area contributed by atoms with E-state index in [1.807, 2.05) is 30.5 Å². The van der Waals surface area contributed by atoms with Crippen molar-refractivity contribution in [3.63, 3.8) is 0 Å². The largest absolute Gasteiger partial charge is 0.449 e. The van der Waals surface area contributed by atoms with Crippen LogP contribution in [0.5, 0.6) is 0 Å². The van der Waals surface area contributed by atoms with Crippen molar-refractivity contribution in [2.24, 2.45) is 0 Å². The van der Waals surface area contributed by atoms with Gasteiger partial charge in [0.25, 0.3) is 0 Å². The standard InChI is InChI=1S/C14H21NO2S/c1-3-4-5-6-11-17-14(16)15-12-7-9-13(18-2)10-8-12/h7-10H,3-6,11H2,1-2H3,(H,15,16). The van der Waals surface area contributed by atoms with Crippen LogP contribution in [0.4, 0.5) is 10.5 Å². The highest BCUT2D eigenvalue weighted by Gasteiger charge is 2.02. The summed E-state index contributed by atoms with van der Waals surface area (Å²) in [4.78, 5) is 12.6. The van der Waals surface area contributed by atoms with E-state index < -0.39 is 0 Å². The van der Waals surface area contributed by atoms with Gasteiger partial charge in [0.2, 0.25) is 0 Å². The van der Waals surface area contributed by atoms with Crippen LogP contribution in [0.3, 0.4) is 0 Å². The fourth-order valence-corrected chi connectivity index (χ4v) is 1.93. The van der Waals surface area contributed by atoms with Crippen LogP contribution in [0.15, 0.2) is 29.2 Å². The predicted octanol–water partition coefficient (Wildman–Crippen LogP) is 4.54. The van der Waals surface area contributed by atoms with Gasteiger partial charge in [0.1, 0.15) is 0 Å². The molecule has 0 heterocycles. The van der Waals surface area contributed by atoms with Crippen molar-refractivity contribution in [3.05, 3.63) is 24.3 Å². The molecule has 1 aromatic carbocycles. The third-order valence-electron chi connectivity index (χ3n) is 2.57. The molecule has 100 valence electrons. The normalized spacial score (nSPS) is 10.1. The highest BCUT2D eigenvalue weighted by molar-refractivity contribution is 7.98. The van der Waals surface area contributed by atoms with E-state index in [-0.39, 0.29) is 6.09 Å². The van der Waals surface area contributed by atoms with Crippen LogP contribution >= 0.6 is 11.8 Å². The maximum absolute atomic E-state index is 11.5. The highest BCUT2D eigenvalue weighted by Crippen LogP contribution is 2.17. The summed E-state index contributed by atoms with van der Waals surface area (Å²) >= 11 is 1.67. The third-order valence-corrected chi connectivity index (χ3v) is 3.31. The number of thioether (sulfide) groups is 1. The van der Waals surface area contributed by atoms with Gasteiger partial charge in [0.05, 0.1) is 6.61 Å². The number of nitrogens with one attached hydrogen (secondary N) is 1. The number of hydrogen-bond acceptors (Lipinski definition) is 3. The van der Waals surface area contributed by atoms with Crippen molar-refractivity contribution < 1.29 is 9.53 Å². The maximum atomic E-state index is 11.5. The molecule has 1 rings (SSSR count). The molecule has 0 saturated heterocycles. The van der Waals surface area contributed by atoms with E-state index in [9.17, 15) is 4.79 Å². The number of hydrogen-bond donors (Lipinski definition) is 1. The minimum Gasteiger partial charge on any atom is -0.449 e. The van der Waals surface area contributed by atoms with Gasteiger partial charge in [-0.25, -0.2) is 4.79 Å². The van der Waals surface area contributed by atoms with Gasteiger partial charge in [-0.05, 0) is 36.9 Å². The molecule has 0 bridgehead atoms. The molecule has 0 aliphatic carbocycles. The van der Waals surface area contributed by atoms with E-state index in [1.165, 1.54) is 17.7 Å². The Morgan fingerprint density at radius 3 is 2.56 bits per heavy atom. The first-order valence-corrected chi connectivity index (χ1v) is 7.56. The van der Waals surface area contributed by atoms with Gasteiger partial charge in [0.15, 0.2) is 0 Å². The first kappa shape index (κ1) is 14.9. The van der Waals surface area contributed by atoms with E-state index in [4.69, 9.17) is 4.74 Å². The lowest BCUT2D eigenvalue weighted by Crippen LogP contribution is -2.14. The third kappa shape index (κ3) is 5.96. The molecule has 0 fully saturated rings. The topological polar surface area (TPSA) is 38.3 Å². The fourth-order valence-electron chi connectivity index (χ4n) is 1.52. The lowest BCUT2D eigenvalue weighted by Gasteiger charge is -2.07. The summed E-state index contributed by atoms with van der Waals surface area (Å²) < 4.78 is 5.09. The fraction of sp³-hybridized carbons (Fsp3) is 0.500. The molecular weight excluding hydrogens is 246 g/mol.